The fourth-order valence-electron chi connectivity index (χ4n) is 4.33. The van der Waals surface area contributed by atoms with Crippen molar-refractivity contribution in [2.75, 3.05) is 57.5 Å². The number of fused-ring (bicyclic) bond motifs is 1. The van der Waals surface area contributed by atoms with Gasteiger partial charge in [-0.1, -0.05) is 30.3 Å². The molecule has 2 aliphatic heterocycles. The molecule has 8 nitrogen and oxygen atoms in total. The molecule has 2 aliphatic rings. The largest absolute Gasteiger partial charge is 0.507 e. The van der Waals surface area contributed by atoms with Crippen molar-refractivity contribution in [3.63, 3.8) is 0 Å². The summed E-state index contributed by atoms with van der Waals surface area (Å²) in [6.45, 7) is 4.01. The molecule has 0 amide bonds. The van der Waals surface area contributed by atoms with E-state index < -0.39 is 10.0 Å². The number of phenolic OH excluding ortho intramolecular Hbond substituents is 1. The van der Waals surface area contributed by atoms with Gasteiger partial charge < -0.3 is 19.5 Å². The number of benzene rings is 3. The molecule has 1 N–H and O–H groups in total. The zero-order chi connectivity index (χ0) is 23.5. The van der Waals surface area contributed by atoms with E-state index in [1.165, 1.54) is 4.31 Å². The van der Waals surface area contributed by atoms with Crippen LogP contribution >= 0.6 is 0 Å². The fraction of sp³-hybridized carbons (Fsp3) is 0.320. The standard InChI is InChI=1S/C25H27N3O5S/c29-25-8-5-19-3-1-2-4-21(19)22(25)18-26-23-17-20(34(30,31)28-11-15-33-16-12-28)6-7-24(23)27-9-13-32-14-10-27/h1-8,17-18,29H,9-16H2. The van der Waals surface area contributed by atoms with Crippen molar-refractivity contribution in [3.05, 3.63) is 60.2 Å². The molecular formula is C25H27N3O5S. The molecule has 2 saturated heterocycles. The number of nitrogens with zero attached hydrogens (tertiary/aromatic N) is 3. The van der Waals surface area contributed by atoms with Crippen LogP contribution in [0.2, 0.25) is 0 Å². The Morgan fingerprint density at radius 1 is 0.882 bits per heavy atom. The number of hydrogen-bond donors (Lipinski definition) is 1. The number of sulfonamides is 1. The van der Waals surface area contributed by atoms with E-state index in [0.717, 1.165) is 16.5 Å². The van der Waals surface area contributed by atoms with Crippen LogP contribution in [-0.4, -0.2) is 76.7 Å². The van der Waals surface area contributed by atoms with Crippen LogP contribution in [0.25, 0.3) is 10.8 Å². The molecule has 0 radical (unpaired) electrons. The summed E-state index contributed by atoms with van der Waals surface area (Å²) in [7, 11) is -3.67. The summed E-state index contributed by atoms with van der Waals surface area (Å²) in [5, 5.41) is 12.4. The Morgan fingerprint density at radius 3 is 2.35 bits per heavy atom. The molecule has 0 bridgehead atoms. The third-order valence-electron chi connectivity index (χ3n) is 6.19. The molecule has 3 aromatic carbocycles. The molecule has 0 aromatic heterocycles. The summed E-state index contributed by atoms with van der Waals surface area (Å²) in [4.78, 5) is 7.04. The van der Waals surface area contributed by atoms with E-state index >= 15 is 0 Å². The number of ether oxygens (including phenoxy) is 2. The maximum atomic E-state index is 13.3. The molecule has 0 saturated carbocycles. The van der Waals surface area contributed by atoms with E-state index in [9.17, 15) is 13.5 Å². The first-order valence-corrected chi connectivity index (χ1v) is 12.8. The molecule has 2 fully saturated rings. The van der Waals surface area contributed by atoms with Crippen molar-refractivity contribution in [1.29, 1.82) is 0 Å². The van der Waals surface area contributed by atoms with E-state index in [2.05, 4.69) is 4.90 Å². The maximum Gasteiger partial charge on any atom is 0.243 e. The van der Waals surface area contributed by atoms with Gasteiger partial charge in [0, 0.05) is 38.0 Å². The quantitative estimate of drug-likeness (QED) is 0.563. The van der Waals surface area contributed by atoms with Gasteiger partial charge in [0.1, 0.15) is 5.75 Å². The lowest BCUT2D eigenvalue weighted by atomic mass is 10.0. The van der Waals surface area contributed by atoms with Crippen LogP contribution in [0.5, 0.6) is 5.75 Å². The average molecular weight is 482 g/mol. The zero-order valence-corrected chi connectivity index (χ0v) is 19.6. The van der Waals surface area contributed by atoms with Gasteiger partial charge in [0.25, 0.3) is 0 Å². The van der Waals surface area contributed by atoms with Crippen molar-refractivity contribution < 1.29 is 23.0 Å². The first-order valence-electron chi connectivity index (χ1n) is 11.3. The highest BCUT2D eigenvalue weighted by molar-refractivity contribution is 7.89. The Bertz CT molecular complexity index is 1310. The van der Waals surface area contributed by atoms with Crippen molar-refractivity contribution >= 4 is 38.4 Å². The van der Waals surface area contributed by atoms with Gasteiger partial charge >= 0.3 is 0 Å². The van der Waals surface area contributed by atoms with Crippen LogP contribution in [0.4, 0.5) is 11.4 Å². The lowest BCUT2D eigenvalue weighted by Gasteiger charge is -2.30. The molecule has 178 valence electrons. The third kappa shape index (κ3) is 4.52. The minimum absolute atomic E-state index is 0.118. The molecule has 5 rings (SSSR count). The Kier molecular flexibility index (Phi) is 6.51. The maximum absolute atomic E-state index is 13.3. The summed E-state index contributed by atoms with van der Waals surface area (Å²) in [5.41, 5.74) is 1.95. The van der Waals surface area contributed by atoms with Crippen molar-refractivity contribution in [2.24, 2.45) is 4.99 Å². The summed E-state index contributed by atoms with van der Waals surface area (Å²) >= 11 is 0. The molecule has 2 heterocycles. The summed E-state index contributed by atoms with van der Waals surface area (Å²) in [5.74, 6) is 0.118. The van der Waals surface area contributed by atoms with Gasteiger partial charge in [0.15, 0.2) is 0 Å². The van der Waals surface area contributed by atoms with Crippen LogP contribution in [-0.2, 0) is 19.5 Å². The SMILES string of the molecule is O=S(=O)(c1ccc(N2CCOCC2)c(N=Cc2c(O)ccc3ccccc23)c1)N1CCOCC1. The van der Waals surface area contributed by atoms with E-state index in [4.69, 9.17) is 14.5 Å². The second-order valence-electron chi connectivity index (χ2n) is 8.24. The van der Waals surface area contributed by atoms with E-state index in [1.807, 2.05) is 36.4 Å². The van der Waals surface area contributed by atoms with Gasteiger partial charge in [-0.2, -0.15) is 4.31 Å². The molecule has 0 unspecified atom stereocenters. The smallest absolute Gasteiger partial charge is 0.243 e. The van der Waals surface area contributed by atoms with E-state index in [1.54, 1.807) is 24.4 Å². The molecule has 9 heteroatoms. The number of anilines is 1. The molecule has 3 aromatic rings. The number of hydrogen-bond acceptors (Lipinski definition) is 7. The normalized spacial score (nSPS) is 18.1. The number of phenols is 1. The van der Waals surface area contributed by atoms with Crippen LogP contribution in [0.3, 0.4) is 0 Å². The highest BCUT2D eigenvalue weighted by Crippen LogP contribution is 2.34. The van der Waals surface area contributed by atoms with Gasteiger partial charge in [-0.05, 0) is 35.0 Å². The number of morpholine rings is 2. The number of rotatable bonds is 5. The van der Waals surface area contributed by atoms with Gasteiger partial charge in [-0.25, -0.2) is 8.42 Å². The number of aromatic hydroxyl groups is 1. The van der Waals surface area contributed by atoms with Crippen LogP contribution < -0.4 is 4.90 Å². The van der Waals surface area contributed by atoms with E-state index in [-0.39, 0.29) is 10.6 Å². The Balaban J connectivity index is 1.58. The second-order valence-corrected chi connectivity index (χ2v) is 10.2. The average Bonchev–Trinajstić information content (AvgIpc) is 2.89. The van der Waals surface area contributed by atoms with Gasteiger partial charge in [-0.15, -0.1) is 0 Å². The summed E-state index contributed by atoms with van der Waals surface area (Å²) in [6, 6.07) is 16.3. The monoisotopic (exact) mass is 481 g/mol. The van der Waals surface area contributed by atoms with Crippen LogP contribution in [0.1, 0.15) is 5.56 Å². The van der Waals surface area contributed by atoms with Gasteiger partial charge in [0.2, 0.25) is 10.0 Å². The highest BCUT2D eigenvalue weighted by atomic mass is 32.2. The molecule has 0 atom stereocenters. The number of aliphatic imine (C=N–C) groups is 1. The van der Waals surface area contributed by atoms with Crippen molar-refractivity contribution in [1.82, 2.24) is 4.31 Å². The zero-order valence-electron chi connectivity index (χ0n) is 18.8. The third-order valence-corrected chi connectivity index (χ3v) is 8.08. The minimum Gasteiger partial charge on any atom is -0.507 e. The van der Waals surface area contributed by atoms with Crippen molar-refractivity contribution in [3.8, 4) is 5.75 Å². The first kappa shape index (κ1) is 22.8. The molecule has 0 spiro atoms. The Morgan fingerprint density at radius 2 is 1.59 bits per heavy atom. The van der Waals surface area contributed by atoms with E-state index in [0.29, 0.717) is 63.9 Å². The predicted octanol–water partition coefficient (Wildman–Crippen LogP) is 3.15. The van der Waals surface area contributed by atoms with Gasteiger partial charge in [0.05, 0.1) is 42.7 Å². The summed E-state index contributed by atoms with van der Waals surface area (Å²) in [6.07, 6.45) is 1.61. The lowest BCUT2D eigenvalue weighted by Crippen LogP contribution is -2.40. The lowest BCUT2D eigenvalue weighted by molar-refractivity contribution is 0.0730. The molecule has 34 heavy (non-hydrogen) atoms. The van der Waals surface area contributed by atoms with Crippen LogP contribution in [0.15, 0.2) is 64.5 Å². The Labute approximate surface area is 199 Å². The Hall–Kier alpha value is -2.98. The van der Waals surface area contributed by atoms with Crippen molar-refractivity contribution in [2.45, 2.75) is 4.90 Å². The van der Waals surface area contributed by atoms with Crippen LogP contribution in [0, 0.1) is 0 Å². The predicted molar refractivity (Wildman–Crippen MR) is 132 cm³/mol. The second kappa shape index (κ2) is 9.71. The summed E-state index contributed by atoms with van der Waals surface area (Å²) < 4.78 is 38.8. The minimum atomic E-state index is -3.67. The van der Waals surface area contributed by atoms with Gasteiger partial charge in [-0.3, -0.25) is 4.99 Å². The topological polar surface area (TPSA) is 91.7 Å². The fourth-order valence-corrected chi connectivity index (χ4v) is 5.76. The molecular weight excluding hydrogens is 454 g/mol. The highest BCUT2D eigenvalue weighted by Gasteiger charge is 2.27. The first-order chi connectivity index (χ1) is 16.5. The molecule has 0 aliphatic carbocycles.